The number of ketones is 1. The first-order valence-corrected chi connectivity index (χ1v) is 13.7. The molecule has 0 spiro atoms. The highest BCUT2D eigenvalue weighted by molar-refractivity contribution is 6.02. The molecule has 0 unspecified atom stereocenters. The fourth-order valence-electron chi connectivity index (χ4n) is 6.40. The number of anilines is 1. The molecule has 0 N–H and O–H groups in total. The first-order valence-electron chi connectivity index (χ1n) is 13.7. The van der Waals surface area contributed by atoms with Crippen LogP contribution in [0.4, 0.5) is 5.69 Å². The largest absolute Gasteiger partial charge is 0.493 e. The minimum absolute atomic E-state index is 0.0132. The van der Waals surface area contributed by atoms with Crippen LogP contribution in [0.3, 0.4) is 0 Å². The lowest BCUT2D eigenvalue weighted by molar-refractivity contribution is -0.135. The van der Waals surface area contributed by atoms with Crippen LogP contribution in [-0.4, -0.2) is 74.3 Å². The highest BCUT2D eigenvalue weighted by atomic mass is 16.5. The Morgan fingerprint density at radius 2 is 1.50 bits per heavy atom. The number of carbonyl (C=O) groups excluding carboxylic acids is 3. The van der Waals surface area contributed by atoms with Crippen molar-refractivity contribution in [1.82, 2.24) is 9.80 Å². The van der Waals surface area contributed by atoms with Crippen molar-refractivity contribution in [1.29, 1.82) is 0 Å². The van der Waals surface area contributed by atoms with Gasteiger partial charge in [-0.1, -0.05) is 24.3 Å². The van der Waals surface area contributed by atoms with Gasteiger partial charge >= 0.3 is 0 Å². The molecule has 0 saturated carbocycles. The second-order valence-electron chi connectivity index (χ2n) is 10.6. The number of benzene rings is 3. The molecule has 206 valence electrons. The number of carbonyl (C=O) groups is 3. The molecule has 0 aromatic heterocycles. The summed E-state index contributed by atoms with van der Waals surface area (Å²) < 4.78 is 11.1. The van der Waals surface area contributed by atoms with Crippen molar-refractivity contribution in [2.24, 2.45) is 0 Å². The number of rotatable bonds is 5. The Kier molecular flexibility index (Phi) is 6.70. The molecule has 0 aliphatic carbocycles. The average molecular weight is 540 g/mol. The summed E-state index contributed by atoms with van der Waals surface area (Å²) in [4.78, 5) is 46.0. The number of Topliss-reactive ketones (excluding diaryl/α,β-unsaturated/α-hetero) is 1. The van der Waals surface area contributed by atoms with Crippen LogP contribution in [0, 0.1) is 0 Å². The Morgan fingerprint density at radius 1 is 0.825 bits per heavy atom. The van der Waals surface area contributed by atoms with Gasteiger partial charge in [-0.2, -0.15) is 0 Å². The Hall–Kier alpha value is -4.33. The number of ether oxygens (including phenoxy) is 2. The quantitative estimate of drug-likeness (QED) is 0.455. The fourth-order valence-corrected chi connectivity index (χ4v) is 6.40. The zero-order valence-corrected chi connectivity index (χ0v) is 23.1. The number of methoxy groups -OCH3 is 2. The molecule has 1 fully saturated rings. The van der Waals surface area contributed by atoms with Gasteiger partial charge in [0.25, 0.3) is 5.91 Å². The third-order valence-electron chi connectivity index (χ3n) is 8.53. The lowest BCUT2D eigenvalue weighted by Crippen LogP contribution is -2.54. The molecule has 3 aliphatic rings. The number of fused-ring (bicyclic) bond motifs is 4. The van der Waals surface area contributed by atoms with Gasteiger partial charge < -0.3 is 24.2 Å². The molecule has 3 heterocycles. The summed E-state index contributed by atoms with van der Waals surface area (Å²) >= 11 is 0. The molecule has 0 bridgehead atoms. The predicted octanol–water partition coefficient (Wildman–Crippen LogP) is 4.09. The molecule has 3 aromatic rings. The highest BCUT2D eigenvalue weighted by Gasteiger charge is 2.48. The van der Waals surface area contributed by atoms with Gasteiger partial charge in [0.05, 0.1) is 26.2 Å². The van der Waals surface area contributed by atoms with E-state index < -0.39 is 5.92 Å². The van der Waals surface area contributed by atoms with Crippen LogP contribution in [0.25, 0.3) is 0 Å². The third kappa shape index (κ3) is 4.28. The van der Waals surface area contributed by atoms with Gasteiger partial charge in [-0.15, -0.1) is 0 Å². The van der Waals surface area contributed by atoms with Gasteiger partial charge in [0, 0.05) is 49.5 Å². The van der Waals surface area contributed by atoms with E-state index in [1.165, 1.54) is 5.56 Å². The van der Waals surface area contributed by atoms with E-state index in [1.54, 1.807) is 27.2 Å². The van der Waals surface area contributed by atoms with E-state index in [4.69, 9.17) is 9.47 Å². The summed E-state index contributed by atoms with van der Waals surface area (Å²) in [6.45, 7) is 4.61. The zero-order chi connectivity index (χ0) is 28.0. The zero-order valence-electron chi connectivity index (χ0n) is 23.1. The maximum Gasteiger partial charge on any atom is 0.254 e. The second kappa shape index (κ2) is 10.3. The highest BCUT2D eigenvalue weighted by Crippen LogP contribution is 2.49. The van der Waals surface area contributed by atoms with E-state index in [-0.39, 0.29) is 23.6 Å². The first-order chi connectivity index (χ1) is 19.4. The van der Waals surface area contributed by atoms with Gasteiger partial charge in [-0.25, -0.2) is 0 Å². The van der Waals surface area contributed by atoms with Crippen molar-refractivity contribution in [3.8, 4) is 11.5 Å². The van der Waals surface area contributed by atoms with Crippen LogP contribution in [0.15, 0.2) is 60.7 Å². The molecule has 2 amide bonds. The van der Waals surface area contributed by atoms with E-state index in [0.717, 1.165) is 17.7 Å². The van der Waals surface area contributed by atoms with Crippen molar-refractivity contribution in [3.63, 3.8) is 0 Å². The lowest BCUT2D eigenvalue weighted by Gasteiger charge is -2.47. The number of hydrogen-bond donors (Lipinski definition) is 0. The summed E-state index contributed by atoms with van der Waals surface area (Å²) in [6, 6.07) is 18.9. The molecular weight excluding hydrogens is 506 g/mol. The van der Waals surface area contributed by atoms with Crippen molar-refractivity contribution in [3.05, 3.63) is 88.5 Å². The van der Waals surface area contributed by atoms with Crippen LogP contribution >= 0.6 is 0 Å². The van der Waals surface area contributed by atoms with Crippen LogP contribution in [0.2, 0.25) is 0 Å². The van der Waals surface area contributed by atoms with E-state index in [0.29, 0.717) is 60.9 Å². The van der Waals surface area contributed by atoms with Gasteiger partial charge in [0.1, 0.15) is 0 Å². The van der Waals surface area contributed by atoms with Crippen LogP contribution in [0.1, 0.15) is 56.3 Å². The smallest absolute Gasteiger partial charge is 0.254 e. The molecular formula is C32H33N3O5. The van der Waals surface area contributed by atoms with Gasteiger partial charge in [-0.05, 0) is 66.4 Å². The summed E-state index contributed by atoms with van der Waals surface area (Å²) in [5.74, 6) is 0.387. The molecule has 8 nitrogen and oxygen atoms in total. The molecule has 0 radical (unpaired) electrons. The summed E-state index contributed by atoms with van der Waals surface area (Å²) in [6.07, 6.45) is 0.753. The van der Waals surface area contributed by atoms with Crippen molar-refractivity contribution >= 4 is 23.3 Å². The van der Waals surface area contributed by atoms with Gasteiger partial charge in [0.15, 0.2) is 17.3 Å². The topological polar surface area (TPSA) is 79.4 Å². The Bertz CT molecular complexity index is 1480. The monoisotopic (exact) mass is 539 g/mol. The standard InChI is InChI=1S/C32H33N3O5/c1-20(36)21-8-10-23(11-9-21)33-14-16-34(17-15-33)32(38)29-25-18-27(39-2)28(40-3)19-26(25)31(37)35-13-12-22-6-4-5-7-24(22)30(29)35/h4-11,18-19,29-30H,12-17H2,1-3H3/t29-,30-/m1/s1. The number of amides is 2. The Balaban J connectivity index is 1.34. The molecule has 1 saturated heterocycles. The van der Waals surface area contributed by atoms with E-state index >= 15 is 0 Å². The van der Waals surface area contributed by atoms with E-state index in [2.05, 4.69) is 11.0 Å². The Morgan fingerprint density at radius 3 is 2.17 bits per heavy atom. The minimum Gasteiger partial charge on any atom is -0.493 e. The predicted molar refractivity (Wildman–Crippen MR) is 151 cm³/mol. The normalized spacial score (nSPS) is 19.9. The number of piperazine rings is 1. The summed E-state index contributed by atoms with van der Waals surface area (Å²) in [5.41, 5.74) is 5.12. The maximum atomic E-state index is 14.5. The maximum absolute atomic E-state index is 14.5. The minimum atomic E-state index is -0.560. The van der Waals surface area contributed by atoms with Crippen molar-refractivity contribution in [2.45, 2.75) is 25.3 Å². The molecule has 40 heavy (non-hydrogen) atoms. The number of nitrogens with zero attached hydrogens (tertiary/aromatic N) is 3. The average Bonchev–Trinajstić information content (AvgIpc) is 3.00. The van der Waals surface area contributed by atoms with Crippen LogP contribution < -0.4 is 14.4 Å². The summed E-state index contributed by atoms with van der Waals surface area (Å²) in [7, 11) is 3.11. The molecule has 3 aliphatic heterocycles. The molecule has 3 aromatic carbocycles. The van der Waals surface area contributed by atoms with Gasteiger partial charge in [-0.3, -0.25) is 14.4 Å². The van der Waals surface area contributed by atoms with Gasteiger partial charge in [0.2, 0.25) is 5.91 Å². The van der Waals surface area contributed by atoms with E-state index in [1.807, 2.05) is 58.3 Å². The number of hydrogen-bond acceptors (Lipinski definition) is 6. The van der Waals surface area contributed by atoms with Crippen LogP contribution in [-0.2, 0) is 11.2 Å². The summed E-state index contributed by atoms with van der Waals surface area (Å²) in [5, 5.41) is 0. The molecule has 2 atom stereocenters. The van der Waals surface area contributed by atoms with E-state index in [9.17, 15) is 14.4 Å². The van der Waals surface area contributed by atoms with Crippen molar-refractivity contribution in [2.75, 3.05) is 51.8 Å². The van der Waals surface area contributed by atoms with Crippen molar-refractivity contribution < 1.29 is 23.9 Å². The third-order valence-corrected chi connectivity index (χ3v) is 8.53. The molecule has 8 heteroatoms. The Labute approximate surface area is 234 Å². The lowest BCUT2D eigenvalue weighted by atomic mass is 9.75. The SMILES string of the molecule is COc1cc2c(cc1OC)[C@@H](C(=O)N1CCN(c3ccc(C(C)=O)cc3)CC1)[C@H]1c3ccccc3CCN1C2=O. The van der Waals surface area contributed by atoms with Crippen LogP contribution in [0.5, 0.6) is 11.5 Å². The fraction of sp³-hybridized carbons (Fsp3) is 0.344. The first kappa shape index (κ1) is 25.9. The molecule has 6 rings (SSSR count). The second-order valence-corrected chi connectivity index (χ2v) is 10.6.